The van der Waals surface area contributed by atoms with Gasteiger partial charge in [-0.25, -0.2) is 8.42 Å². The number of carbonyl (C=O) groups is 2. The maximum Gasteiger partial charge on any atom is 0.326 e. The van der Waals surface area contributed by atoms with E-state index < -0.39 is 15.8 Å². The third-order valence-corrected chi connectivity index (χ3v) is 5.63. The molecule has 0 atom stereocenters. The number of fused-ring (bicyclic) bond motifs is 1. The summed E-state index contributed by atoms with van der Waals surface area (Å²) >= 11 is 1.17. The van der Waals surface area contributed by atoms with Gasteiger partial charge in [-0.15, -0.1) is 0 Å². The molecule has 2 aromatic rings. The van der Waals surface area contributed by atoms with Crippen LogP contribution in [0.5, 0.6) is 0 Å². The molecule has 142 valence electrons. The highest BCUT2D eigenvalue weighted by Gasteiger charge is 2.15. The first kappa shape index (κ1) is 20.3. The number of nitrogens with zero attached hydrogens (tertiary/aromatic N) is 2. The standard InChI is InChI=1S/C17H22N2O5S2/c1-5-24-16(21)10-19-13-7-6-12(26(4,22)23)9-14(13)25-17(19)18-15(20)8-11(2)3/h6-7,9,11H,5,8,10H2,1-4H3. The van der Waals surface area contributed by atoms with E-state index in [0.29, 0.717) is 21.4 Å². The summed E-state index contributed by atoms with van der Waals surface area (Å²) in [6.45, 7) is 5.70. The van der Waals surface area contributed by atoms with E-state index in [9.17, 15) is 18.0 Å². The van der Waals surface area contributed by atoms with E-state index in [1.807, 2.05) is 13.8 Å². The van der Waals surface area contributed by atoms with Crippen LogP contribution in [0.2, 0.25) is 0 Å². The first-order valence-electron chi connectivity index (χ1n) is 8.18. The minimum atomic E-state index is -3.36. The fourth-order valence-corrected chi connectivity index (χ4v) is 4.17. The van der Waals surface area contributed by atoms with Crippen LogP contribution in [0, 0.1) is 5.92 Å². The van der Waals surface area contributed by atoms with Crippen LogP contribution in [0.4, 0.5) is 0 Å². The number of thiazole rings is 1. The summed E-state index contributed by atoms with van der Waals surface area (Å²) in [6.07, 6.45) is 1.42. The summed E-state index contributed by atoms with van der Waals surface area (Å²) in [7, 11) is -3.36. The lowest BCUT2D eigenvalue weighted by molar-refractivity contribution is -0.143. The van der Waals surface area contributed by atoms with Crippen LogP contribution in [0.25, 0.3) is 10.2 Å². The van der Waals surface area contributed by atoms with Crippen molar-refractivity contribution in [1.29, 1.82) is 0 Å². The number of amides is 1. The molecule has 7 nitrogen and oxygen atoms in total. The topological polar surface area (TPSA) is 94.8 Å². The van der Waals surface area contributed by atoms with Gasteiger partial charge in [0.15, 0.2) is 14.6 Å². The van der Waals surface area contributed by atoms with Gasteiger partial charge in [0, 0.05) is 12.7 Å². The van der Waals surface area contributed by atoms with Crippen LogP contribution >= 0.6 is 11.3 Å². The zero-order chi connectivity index (χ0) is 19.5. The Morgan fingerprint density at radius 2 is 2.00 bits per heavy atom. The summed E-state index contributed by atoms with van der Waals surface area (Å²) in [5.74, 6) is -0.569. The number of carbonyl (C=O) groups excluding carboxylic acids is 2. The van der Waals surface area contributed by atoms with Gasteiger partial charge in [-0.2, -0.15) is 4.99 Å². The highest BCUT2D eigenvalue weighted by atomic mass is 32.2. The first-order chi connectivity index (χ1) is 12.1. The van der Waals surface area contributed by atoms with Crippen molar-refractivity contribution in [2.45, 2.75) is 38.6 Å². The summed E-state index contributed by atoms with van der Waals surface area (Å²) in [4.78, 5) is 28.7. The Bertz CT molecular complexity index is 1000. The maximum atomic E-state index is 12.1. The third kappa shape index (κ3) is 5.01. The number of ether oxygens (including phenoxy) is 1. The molecule has 2 rings (SSSR count). The van der Waals surface area contributed by atoms with Gasteiger partial charge < -0.3 is 9.30 Å². The van der Waals surface area contributed by atoms with Gasteiger partial charge >= 0.3 is 5.97 Å². The molecule has 0 radical (unpaired) electrons. The van der Waals surface area contributed by atoms with E-state index in [-0.39, 0.29) is 29.9 Å². The number of sulfone groups is 1. The summed E-state index contributed by atoms with van der Waals surface area (Å²) in [5, 5.41) is 0. The molecule has 1 amide bonds. The molecule has 0 spiro atoms. The Kier molecular flexibility index (Phi) is 6.35. The molecule has 0 aliphatic carbocycles. The molecule has 1 heterocycles. The van der Waals surface area contributed by atoms with Crippen molar-refractivity contribution in [3.63, 3.8) is 0 Å². The SMILES string of the molecule is CCOC(=O)Cn1c(=NC(=O)CC(C)C)sc2cc(S(C)(=O)=O)ccc21. The van der Waals surface area contributed by atoms with E-state index >= 15 is 0 Å². The molecular weight excluding hydrogens is 376 g/mol. The molecule has 1 aromatic heterocycles. The van der Waals surface area contributed by atoms with E-state index in [1.54, 1.807) is 17.6 Å². The van der Waals surface area contributed by atoms with Crippen LogP contribution in [0.15, 0.2) is 28.1 Å². The van der Waals surface area contributed by atoms with E-state index in [4.69, 9.17) is 4.74 Å². The monoisotopic (exact) mass is 398 g/mol. The van der Waals surface area contributed by atoms with E-state index in [2.05, 4.69) is 4.99 Å². The van der Waals surface area contributed by atoms with Crippen LogP contribution in [0.1, 0.15) is 27.2 Å². The number of aromatic nitrogens is 1. The lowest BCUT2D eigenvalue weighted by atomic mass is 10.1. The average molecular weight is 399 g/mol. The van der Waals surface area contributed by atoms with Crippen LogP contribution < -0.4 is 4.80 Å². The predicted octanol–water partition coefficient (Wildman–Crippen LogP) is 2.14. The van der Waals surface area contributed by atoms with Crippen LogP contribution in [-0.4, -0.2) is 37.7 Å². The van der Waals surface area contributed by atoms with Crippen molar-refractivity contribution in [3.8, 4) is 0 Å². The molecule has 0 bridgehead atoms. The van der Waals surface area contributed by atoms with Gasteiger partial charge in [-0.1, -0.05) is 25.2 Å². The molecule has 0 aliphatic heterocycles. The molecule has 0 saturated heterocycles. The lowest BCUT2D eigenvalue weighted by Gasteiger charge is -2.06. The second-order valence-corrected chi connectivity index (χ2v) is 9.31. The molecule has 0 fully saturated rings. The van der Waals surface area contributed by atoms with Gasteiger partial charge in [-0.05, 0) is 31.0 Å². The second-order valence-electron chi connectivity index (χ2n) is 6.28. The average Bonchev–Trinajstić information content (AvgIpc) is 2.82. The maximum absolute atomic E-state index is 12.1. The fraction of sp³-hybridized carbons (Fsp3) is 0.471. The minimum absolute atomic E-state index is 0.0974. The van der Waals surface area contributed by atoms with Crippen LogP contribution in [0.3, 0.4) is 0 Å². The fourth-order valence-electron chi connectivity index (χ4n) is 2.36. The van der Waals surface area contributed by atoms with Crippen molar-refractivity contribution in [1.82, 2.24) is 4.57 Å². The molecule has 0 aliphatic rings. The zero-order valence-electron chi connectivity index (χ0n) is 15.2. The molecule has 0 saturated carbocycles. The van der Waals surface area contributed by atoms with Gasteiger partial charge in [0.2, 0.25) is 5.91 Å². The quantitative estimate of drug-likeness (QED) is 0.695. The number of hydrogen-bond donors (Lipinski definition) is 0. The van der Waals surface area contributed by atoms with Crippen molar-refractivity contribution < 1.29 is 22.7 Å². The Balaban J connectivity index is 2.62. The lowest BCUT2D eigenvalue weighted by Crippen LogP contribution is -2.23. The minimum Gasteiger partial charge on any atom is -0.465 e. The summed E-state index contributed by atoms with van der Waals surface area (Å²) in [5.41, 5.74) is 0.631. The molecule has 1 aromatic carbocycles. The Morgan fingerprint density at radius 1 is 1.31 bits per heavy atom. The molecule has 0 N–H and O–H groups in total. The smallest absolute Gasteiger partial charge is 0.326 e. The second kappa shape index (κ2) is 8.13. The normalized spacial score (nSPS) is 12.7. The molecule has 9 heteroatoms. The van der Waals surface area contributed by atoms with Crippen molar-refractivity contribution in [3.05, 3.63) is 23.0 Å². The number of hydrogen-bond acceptors (Lipinski definition) is 6. The van der Waals surface area contributed by atoms with Gasteiger partial charge in [0.05, 0.1) is 21.7 Å². The van der Waals surface area contributed by atoms with Crippen molar-refractivity contribution in [2.24, 2.45) is 10.9 Å². The van der Waals surface area contributed by atoms with Crippen LogP contribution in [-0.2, 0) is 30.7 Å². The largest absolute Gasteiger partial charge is 0.465 e. The highest BCUT2D eigenvalue weighted by molar-refractivity contribution is 7.90. The zero-order valence-corrected chi connectivity index (χ0v) is 16.8. The number of esters is 1. The third-order valence-electron chi connectivity index (χ3n) is 3.48. The van der Waals surface area contributed by atoms with Gasteiger partial charge in [0.25, 0.3) is 0 Å². The highest BCUT2D eigenvalue weighted by Crippen LogP contribution is 2.22. The summed E-state index contributed by atoms with van der Waals surface area (Å²) < 4.78 is 30.8. The predicted molar refractivity (Wildman–Crippen MR) is 99.6 cm³/mol. The molecule has 0 unspecified atom stereocenters. The number of rotatable bonds is 6. The summed E-state index contributed by atoms with van der Waals surface area (Å²) in [6, 6.07) is 4.63. The Labute approximate surface area is 156 Å². The Morgan fingerprint density at radius 3 is 2.58 bits per heavy atom. The Hall–Kier alpha value is -2.00. The molecule has 26 heavy (non-hydrogen) atoms. The van der Waals surface area contributed by atoms with E-state index in [1.165, 1.54) is 23.5 Å². The first-order valence-corrected chi connectivity index (χ1v) is 10.9. The van der Waals surface area contributed by atoms with E-state index in [0.717, 1.165) is 6.26 Å². The van der Waals surface area contributed by atoms with Crippen molar-refractivity contribution >= 4 is 43.3 Å². The molecular formula is C17H22N2O5S2. The van der Waals surface area contributed by atoms with Crippen molar-refractivity contribution in [2.75, 3.05) is 12.9 Å². The van der Waals surface area contributed by atoms with Gasteiger partial charge in [0.1, 0.15) is 6.54 Å². The number of benzene rings is 1. The van der Waals surface area contributed by atoms with Gasteiger partial charge in [-0.3, -0.25) is 9.59 Å².